The van der Waals surface area contributed by atoms with Crippen molar-refractivity contribution in [2.75, 3.05) is 39.5 Å². The molecule has 20 heavy (non-hydrogen) atoms. The van der Waals surface area contributed by atoms with Gasteiger partial charge in [-0.05, 0) is 6.92 Å². The average Bonchev–Trinajstić information content (AvgIpc) is 2.37. The molecule has 0 aromatic heterocycles. The summed E-state index contributed by atoms with van der Waals surface area (Å²) in [5, 5.41) is 0.942. The van der Waals surface area contributed by atoms with Gasteiger partial charge in [-0.25, -0.2) is 0 Å². The molecule has 0 atom stereocenters. The molecule has 0 aliphatic carbocycles. The summed E-state index contributed by atoms with van der Waals surface area (Å²) in [7, 11) is -2.80. The summed E-state index contributed by atoms with van der Waals surface area (Å²) in [5.41, 5.74) is 0.696. The van der Waals surface area contributed by atoms with Crippen LogP contribution in [0.15, 0.2) is 24.3 Å². The molecule has 5 nitrogen and oxygen atoms in total. The fraction of sp³-hybridized carbons (Fsp3) is 0.500. The van der Waals surface area contributed by atoms with E-state index in [0.717, 1.165) is 24.8 Å². The van der Waals surface area contributed by atoms with Crippen molar-refractivity contribution >= 4 is 19.8 Å². The van der Waals surface area contributed by atoms with Crippen molar-refractivity contribution < 1.29 is 18.1 Å². The van der Waals surface area contributed by atoms with E-state index in [1.165, 1.54) is 0 Å². The molecule has 4 rings (SSSR count). The molecule has 0 amide bonds. The fourth-order valence-corrected chi connectivity index (χ4v) is 4.95. The number of fused-ring (bicyclic) bond motifs is 6. The van der Waals surface area contributed by atoms with Crippen LogP contribution in [0.1, 0.15) is 17.3 Å². The first-order valence-electron chi connectivity index (χ1n) is 6.95. The minimum absolute atomic E-state index is 0.0597. The molecule has 108 valence electrons. The molecule has 6 heteroatoms. The topological polar surface area (TPSA) is 48.0 Å². The Balaban J connectivity index is 1.89. The Bertz CT molecular complexity index is 464. The van der Waals surface area contributed by atoms with Gasteiger partial charge in [0.2, 0.25) is 0 Å². The summed E-state index contributed by atoms with van der Waals surface area (Å²) >= 11 is 0. The van der Waals surface area contributed by atoms with E-state index in [0.29, 0.717) is 25.4 Å². The molecule has 0 unspecified atom stereocenters. The molecule has 0 saturated carbocycles. The second-order valence-corrected chi connectivity index (χ2v) is 7.63. The highest BCUT2D eigenvalue weighted by Gasteiger charge is 2.46. The van der Waals surface area contributed by atoms with Crippen molar-refractivity contribution in [1.82, 2.24) is 4.90 Å². The molecule has 3 fully saturated rings. The second kappa shape index (κ2) is 5.75. The second-order valence-electron chi connectivity index (χ2n) is 5.08. The third kappa shape index (κ3) is 2.70. The Kier molecular flexibility index (Phi) is 4.00. The van der Waals surface area contributed by atoms with Crippen LogP contribution in [-0.2, 0) is 13.3 Å². The van der Waals surface area contributed by atoms with Crippen LogP contribution >= 0.6 is 0 Å². The van der Waals surface area contributed by atoms with Gasteiger partial charge in [0.05, 0.1) is 19.8 Å². The van der Waals surface area contributed by atoms with Crippen LogP contribution in [0.25, 0.3) is 0 Å². The number of rotatable bonds is 2. The highest BCUT2D eigenvalue weighted by molar-refractivity contribution is 6.75. The van der Waals surface area contributed by atoms with Crippen molar-refractivity contribution in [2.24, 2.45) is 0 Å². The lowest BCUT2D eigenvalue weighted by Crippen LogP contribution is -2.62. The van der Waals surface area contributed by atoms with Crippen molar-refractivity contribution in [3.05, 3.63) is 29.8 Å². The zero-order valence-electron chi connectivity index (χ0n) is 11.6. The van der Waals surface area contributed by atoms with Crippen LogP contribution in [-0.4, -0.2) is 58.9 Å². The summed E-state index contributed by atoms with van der Waals surface area (Å²) in [6.07, 6.45) is 0. The molecule has 1 aromatic rings. The molecule has 3 aliphatic heterocycles. The van der Waals surface area contributed by atoms with E-state index in [1.54, 1.807) is 6.92 Å². The van der Waals surface area contributed by atoms with E-state index < -0.39 is 8.80 Å². The van der Waals surface area contributed by atoms with E-state index in [1.807, 2.05) is 24.3 Å². The molecular weight excluding hydrogens is 274 g/mol. The summed E-state index contributed by atoms with van der Waals surface area (Å²) in [6, 6.07) is 7.45. The van der Waals surface area contributed by atoms with Crippen molar-refractivity contribution in [3.8, 4) is 0 Å². The maximum atomic E-state index is 11.4. The number of Topliss-reactive ketones (excluding diaryl/α,β-unsaturated/α-hetero) is 1. The monoisotopic (exact) mass is 293 g/mol. The average molecular weight is 293 g/mol. The molecule has 0 N–H and O–H groups in total. The summed E-state index contributed by atoms with van der Waals surface area (Å²) < 4.78 is 18.0. The lowest BCUT2D eigenvalue weighted by Gasteiger charge is -2.38. The maximum absolute atomic E-state index is 11.4. The van der Waals surface area contributed by atoms with Gasteiger partial charge in [-0.3, -0.25) is 9.69 Å². The fourth-order valence-electron chi connectivity index (χ4n) is 2.55. The Hall–Kier alpha value is -1.05. The summed E-state index contributed by atoms with van der Waals surface area (Å²) in [5.74, 6) is 0.0597. The largest absolute Gasteiger partial charge is 0.537 e. The number of hydrogen-bond donors (Lipinski definition) is 0. The van der Waals surface area contributed by atoms with Crippen LogP contribution in [0.3, 0.4) is 0 Å². The van der Waals surface area contributed by atoms with Gasteiger partial charge in [-0.1, -0.05) is 24.3 Å². The van der Waals surface area contributed by atoms with Crippen LogP contribution in [0, 0.1) is 0 Å². The van der Waals surface area contributed by atoms with Crippen LogP contribution in [0.4, 0.5) is 0 Å². The number of carbonyl (C=O) groups is 1. The quantitative estimate of drug-likeness (QED) is 0.584. The predicted octanol–water partition coefficient (Wildman–Crippen LogP) is 0.414. The number of carbonyl (C=O) groups excluding carboxylic acids is 1. The minimum atomic E-state index is -2.80. The molecule has 3 aliphatic rings. The van der Waals surface area contributed by atoms with Gasteiger partial charge in [0.25, 0.3) is 0 Å². The minimum Gasteiger partial charge on any atom is -0.369 e. The molecule has 1 aromatic carbocycles. The van der Waals surface area contributed by atoms with E-state index >= 15 is 0 Å². The zero-order valence-corrected chi connectivity index (χ0v) is 12.6. The third-order valence-electron chi connectivity index (χ3n) is 3.74. The number of ketones is 1. The maximum Gasteiger partial charge on any atom is 0.537 e. The molecule has 3 saturated heterocycles. The Labute approximate surface area is 119 Å². The normalized spacial score (nSPS) is 30.4. The van der Waals surface area contributed by atoms with Crippen molar-refractivity contribution in [3.63, 3.8) is 0 Å². The SMILES string of the molecule is CC(=O)c1ccc([Si]23OCCN(CCO2)CCO3)cc1. The standard InChI is InChI=1S/C14H19NO4Si/c1-12(16)13-2-4-14(5-3-13)20-17-9-6-15(7-10-18-20)8-11-19-20/h2-5H,6-11H2,1H3. The van der Waals surface area contributed by atoms with Gasteiger partial charge in [-0.2, -0.15) is 0 Å². The van der Waals surface area contributed by atoms with Gasteiger partial charge < -0.3 is 13.3 Å². The smallest absolute Gasteiger partial charge is 0.369 e. The van der Waals surface area contributed by atoms with Gasteiger partial charge in [0.1, 0.15) is 0 Å². The van der Waals surface area contributed by atoms with Crippen LogP contribution in [0.5, 0.6) is 0 Å². The number of hydrogen-bond acceptors (Lipinski definition) is 5. The molecule has 0 radical (unpaired) electrons. The number of benzene rings is 1. The third-order valence-corrected chi connectivity index (χ3v) is 6.54. The van der Waals surface area contributed by atoms with E-state index in [9.17, 15) is 4.79 Å². The molecule has 2 bridgehead atoms. The Morgan fingerprint density at radius 3 is 1.95 bits per heavy atom. The van der Waals surface area contributed by atoms with E-state index in [2.05, 4.69) is 4.90 Å². The Morgan fingerprint density at radius 1 is 1.00 bits per heavy atom. The highest BCUT2D eigenvalue weighted by Crippen LogP contribution is 2.16. The van der Waals surface area contributed by atoms with Crippen molar-refractivity contribution in [2.45, 2.75) is 6.92 Å². The first-order valence-corrected chi connectivity index (χ1v) is 8.68. The first kappa shape index (κ1) is 13.9. The van der Waals surface area contributed by atoms with Crippen LogP contribution < -0.4 is 5.19 Å². The highest BCUT2D eigenvalue weighted by atomic mass is 28.4. The van der Waals surface area contributed by atoms with Gasteiger partial charge >= 0.3 is 8.80 Å². The summed E-state index contributed by atoms with van der Waals surface area (Å²) in [6.45, 7) is 6.21. The first-order chi connectivity index (χ1) is 9.70. The zero-order chi connectivity index (χ0) is 14.0. The van der Waals surface area contributed by atoms with Gasteiger partial charge in [0, 0.05) is 30.4 Å². The van der Waals surface area contributed by atoms with Crippen molar-refractivity contribution in [1.29, 1.82) is 0 Å². The lowest BCUT2D eigenvalue weighted by atomic mass is 10.2. The van der Waals surface area contributed by atoms with Crippen LogP contribution in [0.2, 0.25) is 0 Å². The molecular formula is C14H19NO4Si. The molecule has 3 heterocycles. The Morgan fingerprint density at radius 2 is 1.50 bits per heavy atom. The van der Waals surface area contributed by atoms with E-state index in [-0.39, 0.29) is 5.78 Å². The van der Waals surface area contributed by atoms with Gasteiger partial charge in [-0.15, -0.1) is 0 Å². The van der Waals surface area contributed by atoms with E-state index in [4.69, 9.17) is 13.3 Å². The molecule has 0 spiro atoms. The summed E-state index contributed by atoms with van der Waals surface area (Å²) in [4.78, 5) is 13.6. The lowest BCUT2D eigenvalue weighted by molar-refractivity contribution is 0.00140. The predicted molar refractivity (Wildman–Crippen MR) is 76.1 cm³/mol. The number of nitrogens with zero attached hydrogens (tertiary/aromatic N) is 1. The van der Waals surface area contributed by atoms with Gasteiger partial charge in [0.15, 0.2) is 5.78 Å².